The second-order valence-corrected chi connectivity index (χ2v) is 8.74. The molecule has 40 heavy (non-hydrogen) atoms. The number of benzene rings is 3. The first-order chi connectivity index (χ1) is 19.2. The number of imide groups is 1. The molecule has 0 atom stereocenters. The Bertz CT molecular complexity index is 1530. The fourth-order valence-electron chi connectivity index (χ4n) is 3.82. The van der Waals surface area contributed by atoms with Gasteiger partial charge in [0.15, 0.2) is 0 Å². The molecule has 1 aliphatic heterocycles. The smallest absolute Gasteiger partial charge is 0.338 e. The molecule has 0 unspecified atom stereocenters. The van der Waals surface area contributed by atoms with Gasteiger partial charge < -0.3 is 20.1 Å². The highest BCUT2D eigenvalue weighted by Gasteiger charge is 2.39. The van der Waals surface area contributed by atoms with E-state index in [1.807, 2.05) is 0 Å². The fraction of sp³-hybridized carbons (Fsp3) is 0.138. The molecule has 3 amide bonds. The number of esters is 2. The normalized spacial score (nSPS) is 12.8. The van der Waals surface area contributed by atoms with Crippen LogP contribution >= 0.6 is 11.6 Å². The summed E-state index contributed by atoms with van der Waals surface area (Å²) >= 11 is 6.24. The van der Waals surface area contributed by atoms with Gasteiger partial charge in [0.25, 0.3) is 17.7 Å². The van der Waals surface area contributed by atoms with Crippen LogP contribution in [0.1, 0.15) is 44.9 Å². The standard InChI is InChI=1S/C29H24ClN3O7/c1-3-39-28(37)17-11-13-20(14-12-17)32-25(34)18-7-5-9-21(15-18)31-24-23(30)26(35)33(27(24)36)22-10-6-8-19(16-22)29(38)40-4-2/h5-16,31H,3-4H2,1-2H3,(H,32,34). The number of carbonyl (C=O) groups is 5. The quantitative estimate of drug-likeness (QED) is 0.283. The number of hydrogen-bond acceptors (Lipinski definition) is 8. The van der Waals surface area contributed by atoms with Gasteiger partial charge >= 0.3 is 11.9 Å². The van der Waals surface area contributed by atoms with Crippen LogP contribution in [0.15, 0.2) is 83.5 Å². The summed E-state index contributed by atoms with van der Waals surface area (Å²) in [5.41, 5.74) is 1.55. The van der Waals surface area contributed by atoms with Crippen molar-refractivity contribution >= 4 is 58.3 Å². The Morgan fingerprint density at radius 1 is 0.750 bits per heavy atom. The molecule has 3 aromatic rings. The average molecular weight is 562 g/mol. The van der Waals surface area contributed by atoms with Crippen LogP contribution in [0.3, 0.4) is 0 Å². The largest absolute Gasteiger partial charge is 0.462 e. The second kappa shape index (κ2) is 12.3. The Kier molecular flexibility index (Phi) is 8.60. The fourth-order valence-corrected chi connectivity index (χ4v) is 4.03. The first kappa shape index (κ1) is 28.1. The molecule has 2 N–H and O–H groups in total. The van der Waals surface area contributed by atoms with E-state index in [1.54, 1.807) is 44.2 Å². The molecule has 0 radical (unpaired) electrons. The second-order valence-electron chi connectivity index (χ2n) is 8.36. The summed E-state index contributed by atoms with van der Waals surface area (Å²) in [4.78, 5) is 63.7. The van der Waals surface area contributed by atoms with Crippen molar-refractivity contribution in [3.05, 3.63) is 100 Å². The van der Waals surface area contributed by atoms with Crippen LogP contribution in [-0.2, 0) is 19.1 Å². The summed E-state index contributed by atoms with van der Waals surface area (Å²) in [6, 6.07) is 18.4. The molecular weight excluding hydrogens is 538 g/mol. The predicted molar refractivity (Wildman–Crippen MR) is 148 cm³/mol. The molecule has 10 nitrogen and oxygen atoms in total. The van der Waals surface area contributed by atoms with E-state index >= 15 is 0 Å². The zero-order chi connectivity index (χ0) is 28.8. The zero-order valence-corrected chi connectivity index (χ0v) is 22.3. The maximum atomic E-state index is 13.2. The lowest BCUT2D eigenvalue weighted by molar-refractivity contribution is -0.120. The number of nitrogens with one attached hydrogen (secondary N) is 2. The van der Waals surface area contributed by atoms with Crippen molar-refractivity contribution < 1.29 is 33.4 Å². The van der Waals surface area contributed by atoms with Gasteiger partial charge in [0, 0.05) is 16.9 Å². The molecule has 11 heteroatoms. The molecular formula is C29H24ClN3O7. The minimum absolute atomic E-state index is 0.151. The Labute approximate surface area is 234 Å². The SMILES string of the molecule is CCOC(=O)c1ccc(NC(=O)c2cccc(NC3=C(Cl)C(=O)N(c4cccc(C(=O)OCC)c4)C3=O)c2)cc1. The van der Waals surface area contributed by atoms with Crippen LogP contribution < -0.4 is 15.5 Å². The van der Waals surface area contributed by atoms with Crippen molar-refractivity contribution in [1.29, 1.82) is 0 Å². The van der Waals surface area contributed by atoms with Gasteiger partial charge in [-0.15, -0.1) is 0 Å². The molecule has 0 fully saturated rings. The van der Waals surface area contributed by atoms with Crippen molar-refractivity contribution in [2.24, 2.45) is 0 Å². The molecule has 4 rings (SSSR count). The first-order valence-corrected chi connectivity index (χ1v) is 12.6. The molecule has 0 bridgehead atoms. The topological polar surface area (TPSA) is 131 Å². The van der Waals surface area contributed by atoms with E-state index in [2.05, 4.69) is 10.6 Å². The Morgan fingerprint density at radius 2 is 1.38 bits per heavy atom. The third kappa shape index (κ3) is 6.02. The van der Waals surface area contributed by atoms with Gasteiger partial charge in [-0.3, -0.25) is 14.4 Å². The maximum Gasteiger partial charge on any atom is 0.338 e. The van der Waals surface area contributed by atoms with Crippen LogP contribution in [0.4, 0.5) is 17.1 Å². The third-order valence-corrected chi connectivity index (χ3v) is 6.04. The van der Waals surface area contributed by atoms with E-state index < -0.39 is 29.7 Å². The molecule has 0 saturated heterocycles. The highest BCUT2D eigenvalue weighted by molar-refractivity contribution is 6.53. The van der Waals surface area contributed by atoms with Crippen LogP contribution in [0, 0.1) is 0 Å². The summed E-state index contributed by atoms with van der Waals surface area (Å²) in [5, 5.41) is 5.22. The van der Waals surface area contributed by atoms with Gasteiger partial charge in [-0.2, -0.15) is 0 Å². The van der Waals surface area contributed by atoms with Crippen molar-refractivity contribution in [1.82, 2.24) is 0 Å². The number of hydrogen-bond donors (Lipinski definition) is 2. The van der Waals surface area contributed by atoms with E-state index in [1.165, 1.54) is 42.5 Å². The Hall–Kier alpha value is -4.96. The highest BCUT2D eigenvalue weighted by atomic mass is 35.5. The number of anilines is 3. The van der Waals surface area contributed by atoms with Gasteiger partial charge in [0.05, 0.1) is 30.0 Å². The molecule has 0 aliphatic carbocycles. The van der Waals surface area contributed by atoms with Gasteiger partial charge in [-0.05, 0) is 74.5 Å². The van der Waals surface area contributed by atoms with Crippen LogP contribution in [0.5, 0.6) is 0 Å². The summed E-state index contributed by atoms with van der Waals surface area (Å²) in [6.45, 7) is 3.80. The number of amides is 3. The number of carbonyl (C=O) groups excluding carboxylic acids is 5. The van der Waals surface area contributed by atoms with Crippen LogP contribution in [0.2, 0.25) is 0 Å². The number of rotatable bonds is 9. The van der Waals surface area contributed by atoms with Crippen LogP contribution in [0.25, 0.3) is 0 Å². The van der Waals surface area contributed by atoms with Gasteiger partial charge in [-0.1, -0.05) is 23.7 Å². The maximum absolute atomic E-state index is 13.2. The summed E-state index contributed by atoms with van der Waals surface area (Å²) in [6.07, 6.45) is 0. The van der Waals surface area contributed by atoms with Crippen molar-refractivity contribution in [2.75, 3.05) is 28.7 Å². The van der Waals surface area contributed by atoms with E-state index in [0.29, 0.717) is 16.9 Å². The Morgan fingerprint density at radius 3 is 2.05 bits per heavy atom. The van der Waals surface area contributed by atoms with Crippen molar-refractivity contribution in [3.8, 4) is 0 Å². The van der Waals surface area contributed by atoms with E-state index in [4.69, 9.17) is 21.1 Å². The molecule has 0 spiro atoms. The Balaban J connectivity index is 1.48. The molecule has 0 saturated carbocycles. The van der Waals surface area contributed by atoms with Gasteiger partial charge in [0.2, 0.25) is 0 Å². The number of halogens is 1. The first-order valence-electron chi connectivity index (χ1n) is 12.2. The summed E-state index contributed by atoms with van der Waals surface area (Å²) in [5.74, 6) is -3.00. The lowest BCUT2D eigenvalue weighted by atomic mass is 10.1. The monoisotopic (exact) mass is 561 g/mol. The molecule has 3 aromatic carbocycles. The number of nitrogens with zero attached hydrogens (tertiary/aromatic N) is 1. The lowest BCUT2D eigenvalue weighted by Gasteiger charge is -2.16. The molecule has 204 valence electrons. The minimum Gasteiger partial charge on any atom is -0.462 e. The summed E-state index contributed by atoms with van der Waals surface area (Å²) < 4.78 is 9.93. The molecule has 1 heterocycles. The third-order valence-electron chi connectivity index (χ3n) is 5.69. The van der Waals surface area contributed by atoms with Crippen LogP contribution in [-0.4, -0.2) is 42.9 Å². The average Bonchev–Trinajstić information content (AvgIpc) is 3.16. The van der Waals surface area contributed by atoms with Gasteiger partial charge in [0.1, 0.15) is 10.7 Å². The van der Waals surface area contributed by atoms with E-state index in [9.17, 15) is 24.0 Å². The minimum atomic E-state index is -0.768. The highest BCUT2D eigenvalue weighted by Crippen LogP contribution is 2.31. The number of ether oxygens (including phenoxy) is 2. The predicted octanol–water partition coefficient (Wildman–Crippen LogP) is 4.73. The molecule has 1 aliphatic rings. The molecule has 0 aromatic heterocycles. The van der Waals surface area contributed by atoms with E-state index in [-0.39, 0.29) is 40.8 Å². The van der Waals surface area contributed by atoms with E-state index in [0.717, 1.165) is 4.90 Å². The van der Waals surface area contributed by atoms with Crippen molar-refractivity contribution in [3.63, 3.8) is 0 Å². The van der Waals surface area contributed by atoms with Gasteiger partial charge in [-0.25, -0.2) is 14.5 Å². The lowest BCUT2D eigenvalue weighted by Crippen LogP contribution is -2.32. The van der Waals surface area contributed by atoms with Crippen molar-refractivity contribution in [2.45, 2.75) is 13.8 Å². The summed E-state index contributed by atoms with van der Waals surface area (Å²) in [7, 11) is 0. The zero-order valence-electron chi connectivity index (χ0n) is 21.5.